The Morgan fingerprint density at radius 3 is 2.56 bits per heavy atom. The maximum absolute atomic E-state index is 11.4. The molecule has 0 saturated carbocycles. The van der Waals surface area contributed by atoms with E-state index in [-0.39, 0.29) is 0 Å². The van der Waals surface area contributed by atoms with Crippen LogP contribution >= 0.6 is 0 Å². The van der Waals surface area contributed by atoms with Gasteiger partial charge in [0, 0.05) is 6.54 Å². The number of amides is 1. The Morgan fingerprint density at radius 2 is 2.12 bits per heavy atom. The van der Waals surface area contributed by atoms with Gasteiger partial charge in [0.25, 0.3) is 0 Å². The first-order valence-electron chi connectivity index (χ1n) is 4.93. The zero-order valence-electron chi connectivity index (χ0n) is 9.65. The van der Waals surface area contributed by atoms with Crippen LogP contribution in [0.5, 0.6) is 0 Å². The van der Waals surface area contributed by atoms with Crippen molar-refractivity contribution in [2.45, 2.75) is 32.9 Å². The summed E-state index contributed by atoms with van der Waals surface area (Å²) >= 11 is 0. The topological polar surface area (TPSA) is 90.1 Å². The van der Waals surface area contributed by atoms with E-state index in [1.807, 2.05) is 0 Å². The van der Waals surface area contributed by atoms with E-state index < -0.39 is 11.7 Å². The first-order valence-corrected chi connectivity index (χ1v) is 4.93. The monoisotopic (exact) mass is 224 g/mol. The van der Waals surface area contributed by atoms with E-state index in [1.165, 1.54) is 0 Å². The van der Waals surface area contributed by atoms with Crippen LogP contribution in [0.2, 0.25) is 0 Å². The summed E-state index contributed by atoms with van der Waals surface area (Å²) in [4.78, 5) is 11.4. The molecule has 0 aliphatic heterocycles. The van der Waals surface area contributed by atoms with Gasteiger partial charge in [-0.2, -0.15) is 5.10 Å². The van der Waals surface area contributed by atoms with E-state index in [4.69, 9.17) is 10.5 Å². The fourth-order valence-electron chi connectivity index (χ4n) is 0.944. The van der Waals surface area contributed by atoms with E-state index in [9.17, 15) is 4.79 Å². The van der Waals surface area contributed by atoms with Crippen LogP contribution in [-0.2, 0) is 11.3 Å². The quantitative estimate of drug-likeness (QED) is 0.789. The molecule has 0 aliphatic rings. The largest absolute Gasteiger partial charge is 0.444 e. The standard InChI is InChI=1S/C10H16N4O2/c1-10(2,3)16-9(15)12-8-5-4-7(6-11)13-14-8/h4-5H,6,11H2,1-3H3,(H,12,14,15). The van der Waals surface area contributed by atoms with Gasteiger partial charge in [-0.05, 0) is 32.9 Å². The Hall–Kier alpha value is -1.69. The maximum Gasteiger partial charge on any atom is 0.413 e. The minimum absolute atomic E-state index is 0.319. The average Bonchev–Trinajstić information content (AvgIpc) is 2.16. The third-order valence-corrected chi connectivity index (χ3v) is 1.56. The van der Waals surface area contributed by atoms with E-state index in [1.54, 1.807) is 32.9 Å². The van der Waals surface area contributed by atoms with Crippen LogP contribution in [0.4, 0.5) is 10.6 Å². The van der Waals surface area contributed by atoms with Gasteiger partial charge in [0.15, 0.2) is 5.82 Å². The molecule has 0 aliphatic carbocycles. The van der Waals surface area contributed by atoms with E-state index in [0.717, 1.165) is 0 Å². The van der Waals surface area contributed by atoms with Gasteiger partial charge in [0.2, 0.25) is 0 Å². The summed E-state index contributed by atoms with van der Waals surface area (Å²) in [6.45, 7) is 5.68. The Balaban J connectivity index is 2.56. The zero-order valence-corrected chi connectivity index (χ0v) is 9.65. The van der Waals surface area contributed by atoms with Gasteiger partial charge in [-0.3, -0.25) is 5.32 Å². The fourth-order valence-corrected chi connectivity index (χ4v) is 0.944. The number of nitrogens with two attached hydrogens (primary N) is 1. The van der Waals surface area contributed by atoms with Crippen molar-refractivity contribution in [2.75, 3.05) is 5.32 Å². The van der Waals surface area contributed by atoms with E-state index in [2.05, 4.69) is 15.5 Å². The second-order valence-corrected chi connectivity index (χ2v) is 4.24. The SMILES string of the molecule is CC(C)(C)OC(=O)Nc1ccc(CN)nn1. The lowest BCUT2D eigenvalue weighted by molar-refractivity contribution is 0.0635. The van der Waals surface area contributed by atoms with Crippen molar-refractivity contribution in [3.63, 3.8) is 0 Å². The van der Waals surface area contributed by atoms with E-state index >= 15 is 0 Å². The molecule has 0 fully saturated rings. The average molecular weight is 224 g/mol. The number of aromatic nitrogens is 2. The highest BCUT2D eigenvalue weighted by molar-refractivity contribution is 5.83. The molecule has 16 heavy (non-hydrogen) atoms. The summed E-state index contributed by atoms with van der Waals surface area (Å²) in [5.74, 6) is 0.339. The molecular weight excluding hydrogens is 208 g/mol. The molecule has 0 spiro atoms. The molecule has 1 amide bonds. The van der Waals surface area contributed by atoms with Crippen molar-refractivity contribution in [1.29, 1.82) is 0 Å². The maximum atomic E-state index is 11.4. The molecule has 3 N–H and O–H groups in total. The summed E-state index contributed by atoms with van der Waals surface area (Å²) in [7, 11) is 0. The molecule has 0 saturated heterocycles. The molecule has 6 heteroatoms. The van der Waals surface area contributed by atoms with Crippen LogP contribution in [0.1, 0.15) is 26.5 Å². The molecule has 88 valence electrons. The predicted octanol–water partition coefficient (Wildman–Crippen LogP) is 1.28. The van der Waals surface area contributed by atoms with Crippen LogP contribution in [0.25, 0.3) is 0 Å². The molecule has 1 heterocycles. The summed E-state index contributed by atoms with van der Waals surface area (Å²) in [5.41, 5.74) is 5.50. The van der Waals surface area contributed by atoms with Crippen LogP contribution < -0.4 is 11.1 Å². The van der Waals surface area contributed by atoms with Crippen molar-refractivity contribution < 1.29 is 9.53 Å². The van der Waals surface area contributed by atoms with Crippen LogP contribution in [0.3, 0.4) is 0 Å². The highest BCUT2D eigenvalue weighted by atomic mass is 16.6. The Morgan fingerprint density at radius 1 is 1.44 bits per heavy atom. The second kappa shape index (κ2) is 4.89. The zero-order chi connectivity index (χ0) is 12.2. The minimum atomic E-state index is -0.553. The normalized spacial score (nSPS) is 11.0. The van der Waals surface area contributed by atoms with Gasteiger partial charge >= 0.3 is 6.09 Å². The van der Waals surface area contributed by atoms with Crippen LogP contribution in [0, 0.1) is 0 Å². The first-order chi connectivity index (χ1) is 7.40. The number of nitrogens with one attached hydrogen (secondary N) is 1. The van der Waals surface area contributed by atoms with Gasteiger partial charge in [-0.15, -0.1) is 5.10 Å². The number of rotatable bonds is 2. The molecule has 0 bridgehead atoms. The molecule has 6 nitrogen and oxygen atoms in total. The lowest BCUT2D eigenvalue weighted by Gasteiger charge is -2.19. The van der Waals surface area contributed by atoms with Crippen molar-refractivity contribution >= 4 is 11.9 Å². The van der Waals surface area contributed by atoms with Gasteiger partial charge < -0.3 is 10.5 Å². The Labute approximate surface area is 94.2 Å². The van der Waals surface area contributed by atoms with Gasteiger partial charge in [0.05, 0.1) is 5.69 Å². The highest BCUT2D eigenvalue weighted by Gasteiger charge is 2.16. The molecule has 0 radical (unpaired) electrons. The lowest BCUT2D eigenvalue weighted by Crippen LogP contribution is -2.27. The number of nitrogens with zero attached hydrogens (tertiary/aromatic N) is 2. The Kier molecular flexibility index (Phi) is 3.78. The molecular formula is C10H16N4O2. The van der Waals surface area contributed by atoms with E-state index in [0.29, 0.717) is 18.1 Å². The second-order valence-electron chi connectivity index (χ2n) is 4.24. The number of hydrogen-bond donors (Lipinski definition) is 2. The molecule has 0 aromatic carbocycles. The van der Waals surface area contributed by atoms with Gasteiger partial charge in [-0.25, -0.2) is 4.79 Å². The molecule has 0 atom stereocenters. The van der Waals surface area contributed by atoms with Gasteiger partial charge in [-0.1, -0.05) is 0 Å². The number of anilines is 1. The lowest BCUT2D eigenvalue weighted by atomic mass is 10.2. The van der Waals surface area contributed by atoms with Crippen molar-refractivity contribution in [2.24, 2.45) is 5.73 Å². The third kappa shape index (κ3) is 4.22. The number of carbonyl (C=O) groups excluding carboxylic acids is 1. The summed E-state index contributed by atoms with van der Waals surface area (Å²) in [5, 5.41) is 10.1. The van der Waals surface area contributed by atoms with Crippen molar-refractivity contribution in [1.82, 2.24) is 10.2 Å². The van der Waals surface area contributed by atoms with Crippen LogP contribution in [-0.4, -0.2) is 21.9 Å². The Bertz CT molecular complexity index is 356. The molecule has 1 aromatic rings. The first kappa shape index (κ1) is 12.4. The van der Waals surface area contributed by atoms with Crippen LogP contribution in [0.15, 0.2) is 12.1 Å². The summed E-state index contributed by atoms with van der Waals surface area (Å²) < 4.78 is 5.06. The summed E-state index contributed by atoms with van der Waals surface area (Å²) in [6.07, 6.45) is -0.553. The number of carbonyl (C=O) groups is 1. The molecule has 1 rings (SSSR count). The van der Waals surface area contributed by atoms with Crippen molar-refractivity contribution in [3.05, 3.63) is 17.8 Å². The predicted molar refractivity (Wildman–Crippen MR) is 59.8 cm³/mol. The number of ether oxygens (including phenoxy) is 1. The summed E-state index contributed by atoms with van der Waals surface area (Å²) in [6, 6.07) is 3.32. The third-order valence-electron chi connectivity index (χ3n) is 1.56. The van der Waals surface area contributed by atoms with Crippen molar-refractivity contribution in [3.8, 4) is 0 Å². The minimum Gasteiger partial charge on any atom is -0.444 e. The smallest absolute Gasteiger partial charge is 0.413 e. The molecule has 0 unspecified atom stereocenters. The van der Waals surface area contributed by atoms with Gasteiger partial charge in [0.1, 0.15) is 5.60 Å². The fraction of sp³-hybridized carbons (Fsp3) is 0.500. The molecule has 1 aromatic heterocycles. The highest BCUT2D eigenvalue weighted by Crippen LogP contribution is 2.09. The number of hydrogen-bond acceptors (Lipinski definition) is 5.